The van der Waals surface area contributed by atoms with Crippen LogP contribution in [0.25, 0.3) is 0 Å². The van der Waals surface area contributed by atoms with Crippen LogP contribution in [0.2, 0.25) is 0 Å². The van der Waals surface area contributed by atoms with Gasteiger partial charge in [-0.15, -0.1) is 0 Å². The Morgan fingerprint density at radius 2 is 1.68 bits per heavy atom. The Hall–Kier alpha value is -3.19. The van der Waals surface area contributed by atoms with E-state index in [9.17, 15) is 9.59 Å². The molecule has 1 fully saturated rings. The molecule has 2 aromatic rings. The lowest BCUT2D eigenvalue weighted by Gasteiger charge is -2.35. The Kier molecular flexibility index (Phi) is 6.32. The van der Waals surface area contributed by atoms with Gasteiger partial charge in [-0.05, 0) is 37.7 Å². The second-order valence-electron chi connectivity index (χ2n) is 8.16. The number of hydrazone groups is 1. The molecule has 0 saturated carbocycles. The molecule has 1 unspecified atom stereocenters. The summed E-state index contributed by atoms with van der Waals surface area (Å²) in [5, 5.41) is 9.17. The van der Waals surface area contributed by atoms with E-state index < -0.39 is 6.04 Å². The van der Waals surface area contributed by atoms with E-state index >= 15 is 0 Å². The first kappa shape index (κ1) is 21.1. The molecule has 0 spiro atoms. The quantitative estimate of drug-likeness (QED) is 0.778. The summed E-state index contributed by atoms with van der Waals surface area (Å²) >= 11 is 0. The minimum absolute atomic E-state index is 0.00387. The number of carbonyl (C=O) groups is 2. The van der Waals surface area contributed by atoms with E-state index in [1.807, 2.05) is 42.5 Å². The lowest BCUT2D eigenvalue weighted by atomic mass is 10.1. The Morgan fingerprint density at radius 3 is 2.39 bits per heavy atom. The van der Waals surface area contributed by atoms with Crippen LogP contribution in [0.4, 0.5) is 11.4 Å². The molecule has 0 aromatic heterocycles. The molecule has 0 radical (unpaired) electrons. The summed E-state index contributed by atoms with van der Waals surface area (Å²) in [6.45, 7) is 5.97. The lowest BCUT2D eigenvalue weighted by molar-refractivity contribution is -0.118. The number of amides is 1. The van der Waals surface area contributed by atoms with Gasteiger partial charge in [0.1, 0.15) is 11.8 Å². The molecular formula is C24H29N5O2. The zero-order chi connectivity index (χ0) is 21.8. The van der Waals surface area contributed by atoms with Crippen LogP contribution in [-0.2, 0) is 16.1 Å². The zero-order valence-electron chi connectivity index (χ0n) is 18.1. The van der Waals surface area contributed by atoms with Gasteiger partial charge in [-0.25, -0.2) is 0 Å². The van der Waals surface area contributed by atoms with Gasteiger partial charge < -0.3 is 15.1 Å². The highest BCUT2D eigenvalue weighted by molar-refractivity contribution is 6.40. The van der Waals surface area contributed by atoms with E-state index in [2.05, 4.69) is 39.4 Å². The molecular weight excluding hydrogens is 390 g/mol. The number of ketones is 1. The molecule has 0 aliphatic carbocycles. The smallest absolute Gasteiger partial charge is 0.267 e. The average molecular weight is 420 g/mol. The van der Waals surface area contributed by atoms with Crippen LogP contribution in [0, 0.1) is 0 Å². The second kappa shape index (κ2) is 9.31. The number of hydrogen-bond donors (Lipinski definition) is 1. The number of carbonyl (C=O) groups excluding carboxylic acids is 2. The molecule has 2 aliphatic rings. The van der Waals surface area contributed by atoms with E-state index in [-0.39, 0.29) is 11.7 Å². The second-order valence-corrected chi connectivity index (χ2v) is 8.16. The molecule has 31 heavy (non-hydrogen) atoms. The SMILES string of the molecule is CC(=O)C1CC(C(=O)NCc2ccccc2N2CCN(C)CC2)=NN1c1ccccc1. The van der Waals surface area contributed by atoms with Crippen LogP contribution in [0.5, 0.6) is 0 Å². The summed E-state index contributed by atoms with van der Waals surface area (Å²) < 4.78 is 0. The third kappa shape index (κ3) is 4.77. The molecule has 162 valence electrons. The summed E-state index contributed by atoms with van der Waals surface area (Å²) in [6, 6.07) is 17.3. The molecule has 4 rings (SSSR count). The Bertz CT molecular complexity index is 967. The third-order valence-corrected chi connectivity index (χ3v) is 5.94. The first-order valence-corrected chi connectivity index (χ1v) is 10.7. The van der Waals surface area contributed by atoms with Crippen molar-refractivity contribution in [2.45, 2.75) is 25.9 Å². The summed E-state index contributed by atoms with van der Waals surface area (Å²) in [5.41, 5.74) is 3.45. The fourth-order valence-corrected chi connectivity index (χ4v) is 4.08. The number of nitrogens with zero attached hydrogens (tertiary/aromatic N) is 4. The highest BCUT2D eigenvalue weighted by atomic mass is 16.2. The van der Waals surface area contributed by atoms with Crippen LogP contribution in [0.3, 0.4) is 0 Å². The van der Waals surface area contributed by atoms with Gasteiger partial charge in [0.15, 0.2) is 5.78 Å². The van der Waals surface area contributed by atoms with Crippen LogP contribution >= 0.6 is 0 Å². The van der Waals surface area contributed by atoms with Crippen molar-refractivity contribution in [1.29, 1.82) is 0 Å². The zero-order valence-corrected chi connectivity index (χ0v) is 18.1. The Morgan fingerprint density at radius 1 is 1.00 bits per heavy atom. The van der Waals surface area contributed by atoms with Crippen molar-refractivity contribution in [2.75, 3.05) is 43.1 Å². The van der Waals surface area contributed by atoms with Crippen LogP contribution in [0.1, 0.15) is 18.9 Å². The van der Waals surface area contributed by atoms with E-state index in [0.29, 0.717) is 18.7 Å². The summed E-state index contributed by atoms with van der Waals surface area (Å²) in [7, 11) is 2.14. The average Bonchev–Trinajstić information content (AvgIpc) is 3.25. The molecule has 1 amide bonds. The van der Waals surface area contributed by atoms with Crippen molar-refractivity contribution < 1.29 is 9.59 Å². The number of anilines is 2. The minimum Gasteiger partial charge on any atom is -0.369 e. The van der Waals surface area contributed by atoms with E-state index in [4.69, 9.17) is 0 Å². The van der Waals surface area contributed by atoms with Crippen molar-refractivity contribution in [3.63, 3.8) is 0 Å². The largest absolute Gasteiger partial charge is 0.369 e. The molecule has 1 saturated heterocycles. The molecule has 0 bridgehead atoms. The fourth-order valence-electron chi connectivity index (χ4n) is 4.08. The van der Waals surface area contributed by atoms with E-state index in [1.165, 1.54) is 0 Å². The van der Waals surface area contributed by atoms with Crippen molar-refractivity contribution in [2.24, 2.45) is 5.10 Å². The predicted octanol–water partition coefficient (Wildman–Crippen LogP) is 2.28. The molecule has 7 nitrogen and oxygen atoms in total. The van der Waals surface area contributed by atoms with Gasteiger partial charge in [-0.3, -0.25) is 14.6 Å². The van der Waals surface area contributed by atoms with Crippen LogP contribution < -0.4 is 15.2 Å². The van der Waals surface area contributed by atoms with Gasteiger partial charge >= 0.3 is 0 Å². The third-order valence-electron chi connectivity index (χ3n) is 5.94. The first-order chi connectivity index (χ1) is 15.0. The topological polar surface area (TPSA) is 68.2 Å². The number of hydrogen-bond acceptors (Lipinski definition) is 6. The van der Waals surface area contributed by atoms with Crippen molar-refractivity contribution in [1.82, 2.24) is 10.2 Å². The number of nitrogens with one attached hydrogen (secondary N) is 1. The van der Waals surface area contributed by atoms with Crippen LogP contribution in [-0.4, -0.2) is 61.6 Å². The monoisotopic (exact) mass is 419 g/mol. The van der Waals surface area contributed by atoms with Gasteiger partial charge in [0.2, 0.25) is 0 Å². The number of likely N-dealkylation sites (N-methyl/N-ethyl adjacent to an activating group) is 1. The van der Waals surface area contributed by atoms with E-state index in [1.54, 1.807) is 11.9 Å². The lowest BCUT2D eigenvalue weighted by Crippen LogP contribution is -2.45. The van der Waals surface area contributed by atoms with E-state index in [0.717, 1.165) is 43.1 Å². The number of benzene rings is 2. The van der Waals surface area contributed by atoms with Gasteiger partial charge in [0, 0.05) is 44.8 Å². The molecule has 7 heteroatoms. The maximum atomic E-state index is 12.9. The van der Waals surface area contributed by atoms with Crippen molar-refractivity contribution >= 4 is 28.8 Å². The summed E-state index contributed by atoms with van der Waals surface area (Å²) in [5.74, 6) is -0.228. The number of Topliss-reactive ketones (excluding diaryl/α,β-unsaturated/α-hetero) is 1. The summed E-state index contributed by atoms with van der Waals surface area (Å²) in [4.78, 5) is 29.8. The summed E-state index contributed by atoms with van der Waals surface area (Å²) in [6.07, 6.45) is 0.316. The maximum absolute atomic E-state index is 12.9. The van der Waals surface area contributed by atoms with Gasteiger partial charge in [0.25, 0.3) is 5.91 Å². The normalized spacial score (nSPS) is 19.3. The fraction of sp³-hybridized carbons (Fsp3) is 0.375. The minimum atomic E-state index is -0.444. The Balaban J connectivity index is 1.45. The first-order valence-electron chi connectivity index (χ1n) is 10.7. The molecule has 2 aromatic carbocycles. The number of rotatable bonds is 6. The van der Waals surface area contributed by atoms with Gasteiger partial charge in [-0.1, -0.05) is 36.4 Å². The highest BCUT2D eigenvalue weighted by Gasteiger charge is 2.34. The standard InChI is InChI=1S/C24H29N5O2/c1-18(30)23-16-21(26-29(23)20-9-4-3-5-10-20)24(31)25-17-19-8-6-7-11-22(19)28-14-12-27(2)13-15-28/h3-11,23H,12-17H2,1-2H3,(H,25,31). The van der Waals surface area contributed by atoms with Crippen molar-refractivity contribution in [3.05, 3.63) is 60.2 Å². The number of para-hydroxylation sites is 2. The molecule has 1 atom stereocenters. The Labute approximate surface area is 183 Å². The molecule has 1 N–H and O–H groups in total. The predicted molar refractivity (Wildman–Crippen MR) is 123 cm³/mol. The highest BCUT2D eigenvalue weighted by Crippen LogP contribution is 2.25. The van der Waals surface area contributed by atoms with Gasteiger partial charge in [-0.2, -0.15) is 5.10 Å². The van der Waals surface area contributed by atoms with Gasteiger partial charge in [0.05, 0.1) is 5.69 Å². The molecule has 2 heterocycles. The van der Waals surface area contributed by atoms with Crippen molar-refractivity contribution in [3.8, 4) is 0 Å². The maximum Gasteiger partial charge on any atom is 0.267 e. The number of piperazine rings is 1. The molecule has 2 aliphatic heterocycles. The van der Waals surface area contributed by atoms with Crippen LogP contribution in [0.15, 0.2) is 59.7 Å².